The Morgan fingerprint density at radius 2 is 1.35 bits per heavy atom. The first-order valence-corrected chi connectivity index (χ1v) is 7.60. The Kier molecular flexibility index (Phi) is 6.61. The van der Waals surface area contributed by atoms with Gasteiger partial charge in [0.15, 0.2) is 6.29 Å². The highest BCUT2D eigenvalue weighted by Gasteiger charge is 2.49. The number of aliphatic hydroxyl groups is 7. The minimum Gasteiger partial charge on any atom is -0.394 e. The molecular formula is C12H22O10S. The average Bonchev–Trinajstić information content (AvgIpc) is 2.55. The SMILES string of the molecule is OCC1O[C@@H](O[C@@H]2C(CO)O[C@@H](S)C(O)C2O)C(O)C(O)[C@@H]1O. The fourth-order valence-electron chi connectivity index (χ4n) is 2.57. The molecule has 0 saturated carbocycles. The van der Waals surface area contributed by atoms with Crippen LogP contribution in [0.3, 0.4) is 0 Å². The fourth-order valence-corrected chi connectivity index (χ4v) is 2.90. The predicted molar refractivity (Wildman–Crippen MR) is 75.4 cm³/mol. The molecule has 2 fully saturated rings. The Balaban J connectivity index is 2.11. The van der Waals surface area contributed by atoms with Crippen molar-refractivity contribution in [1.29, 1.82) is 0 Å². The van der Waals surface area contributed by atoms with Crippen molar-refractivity contribution in [1.82, 2.24) is 0 Å². The smallest absolute Gasteiger partial charge is 0.187 e. The third kappa shape index (κ3) is 3.80. The van der Waals surface area contributed by atoms with E-state index in [-0.39, 0.29) is 0 Å². The number of hydrogen-bond donors (Lipinski definition) is 8. The second kappa shape index (κ2) is 7.89. The van der Waals surface area contributed by atoms with Gasteiger partial charge in [0.25, 0.3) is 0 Å². The molecule has 23 heavy (non-hydrogen) atoms. The van der Waals surface area contributed by atoms with Gasteiger partial charge in [0.2, 0.25) is 0 Å². The summed E-state index contributed by atoms with van der Waals surface area (Å²) in [6.45, 7) is -1.21. The lowest BCUT2D eigenvalue weighted by molar-refractivity contribution is -0.338. The fraction of sp³-hybridized carbons (Fsp3) is 1.00. The van der Waals surface area contributed by atoms with E-state index in [4.69, 9.17) is 19.3 Å². The largest absolute Gasteiger partial charge is 0.394 e. The van der Waals surface area contributed by atoms with E-state index in [1.54, 1.807) is 0 Å². The summed E-state index contributed by atoms with van der Waals surface area (Å²) in [6.07, 6.45) is -12.9. The first-order valence-electron chi connectivity index (χ1n) is 7.08. The van der Waals surface area contributed by atoms with Gasteiger partial charge < -0.3 is 50.0 Å². The van der Waals surface area contributed by atoms with E-state index >= 15 is 0 Å². The van der Waals surface area contributed by atoms with Gasteiger partial charge in [0.05, 0.1) is 13.2 Å². The van der Waals surface area contributed by atoms with Crippen LogP contribution < -0.4 is 0 Å². The molecule has 2 saturated heterocycles. The summed E-state index contributed by atoms with van der Waals surface area (Å²) < 4.78 is 15.7. The number of ether oxygens (including phenoxy) is 3. The molecular weight excluding hydrogens is 336 g/mol. The van der Waals surface area contributed by atoms with Crippen LogP contribution in [0.1, 0.15) is 0 Å². The van der Waals surface area contributed by atoms with Crippen LogP contribution in [0.25, 0.3) is 0 Å². The van der Waals surface area contributed by atoms with E-state index in [1.807, 2.05) is 0 Å². The van der Waals surface area contributed by atoms with Crippen molar-refractivity contribution in [2.24, 2.45) is 0 Å². The molecule has 6 unspecified atom stereocenters. The van der Waals surface area contributed by atoms with E-state index in [2.05, 4.69) is 12.6 Å². The Morgan fingerprint density at radius 1 is 0.739 bits per heavy atom. The Morgan fingerprint density at radius 3 is 1.91 bits per heavy atom. The third-order valence-electron chi connectivity index (χ3n) is 3.98. The van der Waals surface area contributed by atoms with Crippen LogP contribution in [0.15, 0.2) is 0 Å². The van der Waals surface area contributed by atoms with Crippen LogP contribution in [-0.2, 0) is 14.2 Å². The van der Waals surface area contributed by atoms with Gasteiger partial charge in [-0.05, 0) is 0 Å². The number of hydrogen-bond acceptors (Lipinski definition) is 11. The molecule has 0 bridgehead atoms. The molecule has 136 valence electrons. The molecule has 2 aliphatic rings. The maximum Gasteiger partial charge on any atom is 0.187 e. The number of aliphatic hydroxyl groups excluding tert-OH is 7. The van der Waals surface area contributed by atoms with Crippen LogP contribution in [0, 0.1) is 0 Å². The van der Waals surface area contributed by atoms with Crippen molar-refractivity contribution < 1.29 is 50.0 Å². The predicted octanol–water partition coefficient (Wildman–Crippen LogP) is -4.46. The van der Waals surface area contributed by atoms with Gasteiger partial charge in [-0.15, -0.1) is 12.6 Å². The normalized spacial score (nSPS) is 51.7. The molecule has 0 aromatic carbocycles. The standard InChI is InChI=1S/C12H22O10S/c13-1-3-5(15)6(16)8(18)11(20-3)22-10-4(2-14)21-12(23)9(19)7(10)17/h3-19,23H,1-2H2/t3?,4?,5-,6?,7?,8?,9?,10-,11+,12+/m1/s1. The molecule has 10 atom stereocenters. The van der Waals surface area contributed by atoms with E-state index in [1.165, 1.54) is 0 Å². The van der Waals surface area contributed by atoms with Crippen LogP contribution in [0.2, 0.25) is 0 Å². The lowest BCUT2D eigenvalue weighted by Crippen LogP contribution is -2.63. The highest BCUT2D eigenvalue weighted by Crippen LogP contribution is 2.29. The molecule has 7 N–H and O–H groups in total. The van der Waals surface area contributed by atoms with Gasteiger partial charge in [-0.25, -0.2) is 0 Å². The Hall–Kier alpha value is -0.0500. The van der Waals surface area contributed by atoms with Gasteiger partial charge >= 0.3 is 0 Å². The van der Waals surface area contributed by atoms with E-state index in [0.29, 0.717) is 0 Å². The quantitative estimate of drug-likeness (QED) is 0.229. The molecule has 2 aliphatic heterocycles. The van der Waals surface area contributed by atoms with E-state index < -0.39 is 73.8 Å². The van der Waals surface area contributed by atoms with Gasteiger partial charge in [-0.2, -0.15) is 0 Å². The average molecular weight is 358 g/mol. The zero-order chi connectivity index (χ0) is 17.3. The number of thiol groups is 1. The highest BCUT2D eigenvalue weighted by atomic mass is 32.1. The van der Waals surface area contributed by atoms with Gasteiger partial charge in [0, 0.05) is 0 Å². The first-order chi connectivity index (χ1) is 10.8. The van der Waals surface area contributed by atoms with Crippen LogP contribution in [-0.4, -0.2) is 110 Å². The zero-order valence-corrected chi connectivity index (χ0v) is 12.9. The molecule has 0 amide bonds. The third-order valence-corrected chi connectivity index (χ3v) is 4.41. The van der Waals surface area contributed by atoms with Crippen molar-refractivity contribution in [3.05, 3.63) is 0 Å². The summed E-state index contributed by atoms with van der Waals surface area (Å²) in [5.74, 6) is 0. The maximum absolute atomic E-state index is 10.1. The second-order valence-electron chi connectivity index (χ2n) is 5.53. The monoisotopic (exact) mass is 358 g/mol. The maximum atomic E-state index is 10.1. The molecule has 11 heteroatoms. The van der Waals surface area contributed by atoms with Crippen LogP contribution >= 0.6 is 12.6 Å². The van der Waals surface area contributed by atoms with E-state index in [0.717, 1.165) is 0 Å². The minimum absolute atomic E-state index is 0.567. The summed E-state index contributed by atoms with van der Waals surface area (Å²) in [5.41, 5.74) is -1.04. The van der Waals surface area contributed by atoms with E-state index in [9.17, 15) is 30.6 Å². The van der Waals surface area contributed by atoms with Crippen molar-refractivity contribution in [2.45, 2.75) is 60.6 Å². The molecule has 0 radical (unpaired) electrons. The summed E-state index contributed by atoms with van der Waals surface area (Å²) in [5, 5.41) is 67.6. The molecule has 0 aliphatic carbocycles. The summed E-state index contributed by atoms with van der Waals surface area (Å²) in [4.78, 5) is 0. The molecule has 2 rings (SSSR count). The topological polar surface area (TPSA) is 169 Å². The Bertz CT molecular complexity index is 383. The Labute approximate surface area is 137 Å². The molecule has 10 nitrogen and oxygen atoms in total. The van der Waals surface area contributed by atoms with Gasteiger partial charge in [-0.1, -0.05) is 0 Å². The molecule has 2 heterocycles. The summed E-state index contributed by atoms with van der Waals surface area (Å²) in [7, 11) is 0. The van der Waals surface area contributed by atoms with Crippen LogP contribution in [0.5, 0.6) is 0 Å². The van der Waals surface area contributed by atoms with Crippen molar-refractivity contribution in [3.63, 3.8) is 0 Å². The lowest BCUT2D eigenvalue weighted by atomic mass is 9.97. The summed E-state index contributed by atoms with van der Waals surface area (Å²) >= 11 is 3.92. The van der Waals surface area contributed by atoms with Crippen LogP contribution in [0.4, 0.5) is 0 Å². The second-order valence-corrected chi connectivity index (χ2v) is 6.04. The minimum atomic E-state index is -1.68. The van der Waals surface area contributed by atoms with Crippen molar-refractivity contribution in [3.8, 4) is 0 Å². The molecule has 0 spiro atoms. The van der Waals surface area contributed by atoms with Gasteiger partial charge in [-0.3, -0.25) is 0 Å². The van der Waals surface area contributed by atoms with Crippen molar-refractivity contribution >= 4 is 12.6 Å². The van der Waals surface area contributed by atoms with Gasteiger partial charge in [0.1, 0.15) is 54.3 Å². The number of rotatable bonds is 4. The molecule has 0 aromatic rings. The molecule has 0 aromatic heterocycles. The summed E-state index contributed by atoms with van der Waals surface area (Å²) in [6, 6.07) is 0. The zero-order valence-electron chi connectivity index (χ0n) is 12.0. The lowest BCUT2D eigenvalue weighted by Gasteiger charge is -2.45. The van der Waals surface area contributed by atoms with Crippen molar-refractivity contribution in [2.75, 3.05) is 13.2 Å². The first kappa shape index (κ1) is 19.3. The highest BCUT2D eigenvalue weighted by molar-refractivity contribution is 7.80.